The standard InChI is InChI=1S/C15H32N2O/c1-4-5-6-9-15(2,13-16)17(3)11-14-8-7-10-18-12-14/h14H,4-13,16H2,1-3H3. The molecule has 0 saturated carbocycles. The Morgan fingerprint density at radius 1 is 1.39 bits per heavy atom. The summed E-state index contributed by atoms with van der Waals surface area (Å²) in [4.78, 5) is 2.47. The van der Waals surface area contributed by atoms with Crippen molar-refractivity contribution in [3.8, 4) is 0 Å². The number of hydrogen-bond donors (Lipinski definition) is 1. The SMILES string of the molecule is CCCCCC(C)(CN)N(C)CC1CCCOC1. The Balaban J connectivity index is 2.40. The van der Waals surface area contributed by atoms with Gasteiger partial charge in [0, 0.05) is 25.2 Å². The molecule has 108 valence electrons. The number of unbranched alkanes of at least 4 members (excludes halogenated alkanes) is 2. The van der Waals surface area contributed by atoms with Gasteiger partial charge in [0.2, 0.25) is 0 Å². The highest BCUT2D eigenvalue weighted by molar-refractivity contribution is 4.86. The van der Waals surface area contributed by atoms with E-state index in [0.717, 1.165) is 26.3 Å². The molecule has 2 atom stereocenters. The van der Waals surface area contributed by atoms with Crippen LogP contribution in [0.15, 0.2) is 0 Å². The molecule has 0 aliphatic carbocycles. The fourth-order valence-electron chi connectivity index (χ4n) is 2.76. The maximum atomic E-state index is 6.02. The van der Waals surface area contributed by atoms with Crippen LogP contribution in [-0.2, 0) is 4.74 Å². The second kappa shape index (κ2) is 8.13. The summed E-state index contributed by atoms with van der Waals surface area (Å²) in [6.45, 7) is 8.32. The van der Waals surface area contributed by atoms with Crippen LogP contribution in [0.3, 0.4) is 0 Å². The Bertz CT molecular complexity index is 217. The first-order valence-electron chi connectivity index (χ1n) is 7.61. The van der Waals surface area contributed by atoms with E-state index in [4.69, 9.17) is 10.5 Å². The molecule has 0 bridgehead atoms. The normalized spacial score (nSPS) is 24.2. The second-order valence-corrected chi connectivity index (χ2v) is 6.12. The van der Waals surface area contributed by atoms with Gasteiger partial charge >= 0.3 is 0 Å². The summed E-state index contributed by atoms with van der Waals surface area (Å²) in [5, 5.41) is 0. The van der Waals surface area contributed by atoms with Crippen molar-refractivity contribution in [2.45, 2.75) is 57.9 Å². The smallest absolute Gasteiger partial charge is 0.0506 e. The molecule has 0 aromatic carbocycles. The van der Waals surface area contributed by atoms with Crippen molar-refractivity contribution in [2.75, 3.05) is 33.4 Å². The summed E-state index contributed by atoms with van der Waals surface area (Å²) >= 11 is 0. The lowest BCUT2D eigenvalue weighted by molar-refractivity contribution is 0.0217. The molecule has 1 aliphatic heterocycles. The minimum absolute atomic E-state index is 0.159. The summed E-state index contributed by atoms with van der Waals surface area (Å²) in [7, 11) is 2.23. The van der Waals surface area contributed by atoms with Crippen molar-refractivity contribution in [3.05, 3.63) is 0 Å². The van der Waals surface area contributed by atoms with Gasteiger partial charge in [-0.15, -0.1) is 0 Å². The third-order valence-electron chi connectivity index (χ3n) is 4.47. The van der Waals surface area contributed by atoms with Crippen molar-refractivity contribution in [3.63, 3.8) is 0 Å². The maximum absolute atomic E-state index is 6.02. The van der Waals surface area contributed by atoms with E-state index in [2.05, 4.69) is 25.8 Å². The Morgan fingerprint density at radius 2 is 2.17 bits per heavy atom. The quantitative estimate of drug-likeness (QED) is 0.679. The Morgan fingerprint density at radius 3 is 2.72 bits per heavy atom. The van der Waals surface area contributed by atoms with Crippen LogP contribution in [0.1, 0.15) is 52.4 Å². The molecule has 1 saturated heterocycles. The number of rotatable bonds is 8. The van der Waals surface area contributed by atoms with Crippen LogP contribution in [0.4, 0.5) is 0 Å². The summed E-state index contributed by atoms with van der Waals surface area (Å²) in [6.07, 6.45) is 7.61. The van der Waals surface area contributed by atoms with E-state index in [1.807, 2.05) is 0 Å². The van der Waals surface area contributed by atoms with Crippen molar-refractivity contribution in [1.29, 1.82) is 0 Å². The molecule has 0 spiro atoms. The lowest BCUT2D eigenvalue weighted by atomic mass is 9.91. The van der Waals surface area contributed by atoms with E-state index < -0.39 is 0 Å². The van der Waals surface area contributed by atoms with Crippen LogP contribution in [-0.4, -0.2) is 43.8 Å². The zero-order valence-electron chi connectivity index (χ0n) is 12.6. The summed E-state index contributed by atoms with van der Waals surface area (Å²) in [5.41, 5.74) is 6.18. The van der Waals surface area contributed by atoms with E-state index in [1.165, 1.54) is 38.5 Å². The van der Waals surface area contributed by atoms with Crippen LogP contribution in [0.5, 0.6) is 0 Å². The van der Waals surface area contributed by atoms with Crippen LogP contribution in [0, 0.1) is 5.92 Å². The van der Waals surface area contributed by atoms with Gasteiger partial charge in [0.1, 0.15) is 0 Å². The molecule has 18 heavy (non-hydrogen) atoms. The second-order valence-electron chi connectivity index (χ2n) is 6.12. The van der Waals surface area contributed by atoms with Crippen molar-refractivity contribution in [2.24, 2.45) is 11.7 Å². The Labute approximate surface area is 113 Å². The van der Waals surface area contributed by atoms with E-state index in [1.54, 1.807) is 0 Å². The molecule has 0 radical (unpaired) electrons. The Hall–Kier alpha value is -0.120. The van der Waals surface area contributed by atoms with Gasteiger partial charge in [-0.1, -0.05) is 26.2 Å². The summed E-state index contributed by atoms with van der Waals surface area (Å²) in [6, 6.07) is 0. The molecule has 1 fully saturated rings. The summed E-state index contributed by atoms with van der Waals surface area (Å²) < 4.78 is 5.57. The fraction of sp³-hybridized carbons (Fsp3) is 1.00. The third kappa shape index (κ3) is 4.87. The predicted molar refractivity (Wildman–Crippen MR) is 77.8 cm³/mol. The van der Waals surface area contributed by atoms with E-state index >= 15 is 0 Å². The first-order valence-corrected chi connectivity index (χ1v) is 7.61. The average molecular weight is 256 g/mol. The highest BCUT2D eigenvalue weighted by Crippen LogP contribution is 2.23. The van der Waals surface area contributed by atoms with Crippen molar-refractivity contribution < 1.29 is 4.74 Å². The maximum Gasteiger partial charge on any atom is 0.0506 e. The topological polar surface area (TPSA) is 38.5 Å². The first-order chi connectivity index (χ1) is 8.62. The minimum Gasteiger partial charge on any atom is -0.381 e. The van der Waals surface area contributed by atoms with Gasteiger partial charge < -0.3 is 10.5 Å². The van der Waals surface area contributed by atoms with Crippen LogP contribution in [0.25, 0.3) is 0 Å². The average Bonchev–Trinajstić information content (AvgIpc) is 2.40. The van der Waals surface area contributed by atoms with Gasteiger partial charge in [-0.25, -0.2) is 0 Å². The number of ether oxygens (including phenoxy) is 1. The molecule has 3 nitrogen and oxygen atoms in total. The zero-order valence-corrected chi connectivity index (χ0v) is 12.6. The van der Waals surface area contributed by atoms with Crippen molar-refractivity contribution in [1.82, 2.24) is 4.90 Å². The molecule has 3 heteroatoms. The predicted octanol–water partition coefficient (Wildman–Crippen LogP) is 2.64. The first kappa shape index (κ1) is 15.9. The monoisotopic (exact) mass is 256 g/mol. The van der Waals surface area contributed by atoms with Gasteiger partial charge in [-0.3, -0.25) is 4.90 Å². The van der Waals surface area contributed by atoms with Gasteiger partial charge in [0.05, 0.1) is 6.61 Å². The molecule has 1 heterocycles. The third-order valence-corrected chi connectivity index (χ3v) is 4.47. The molecule has 1 aliphatic rings. The van der Waals surface area contributed by atoms with Gasteiger partial charge in [0.25, 0.3) is 0 Å². The highest BCUT2D eigenvalue weighted by atomic mass is 16.5. The number of nitrogens with two attached hydrogens (primary N) is 1. The molecular formula is C15H32N2O. The number of likely N-dealkylation sites (N-methyl/N-ethyl adjacent to an activating group) is 1. The number of nitrogens with zero attached hydrogens (tertiary/aromatic N) is 1. The number of hydrogen-bond acceptors (Lipinski definition) is 3. The lowest BCUT2D eigenvalue weighted by Gasteiger charge is -2.40. The molecular weight excluding hydrogens is 224 g/mol. The van der Waals surface area contributed by atoms with Crippen LogP contribution < -0.4 is 5.73 Å². The van der Waals surface area contributed by atoms with Gasteiger partial charge in [-0.05, 0) is 39.2 Å². The van der Waals surface area contributed by atoms with E-state index in [-0.39, 0.29) is 5.54 Å². The van der Waals surface area contributed by atoms with E-state index in [9.17, 15) is 0 Å². The molecule has 0 amide bonds. The van der Waals surface area contributed by atoms with Gasteiger partial charge in [0.15, 0.2) is 0 Å². The van der Waals surface area contributed by atoms with Gasteiger partial charge in [-0.2, -0.15) is 0 Å². The van der Waals surface area contributed by atoms with Crippen LogP contribution in [0.2, 0.25) is 0 Å². The Kier molecular flexibility index (Phi) is 7.20. The largest absolute Gasteiger partial charge is 0.381 e. The minimum atomic E-state index is 0.159. The molecule has 1 rings (SSSR count). The summed E-state index contributed by atoms with van der Waals surface area (Å²) in [5.74, 6) is 0.695. The van der Waals surface area contributed by atoms with E-state index in [0.29, 0.717) is 5.92 Å². The molecule has 0 aromatic heterocycles. The highest BCUT2D eigenvalue weighted by Gasteiger charge is 2.29. The molecule has 0 aromatic rings. The molecule has 2 unspecified atom stereocenters. The van der Waals surface area contributed by atoms with Crippen molar-refractivity contribution >= 4 is 0 Å². The van der Waals surface area contributed by atoms with Crippen LogP contribution >= 0.6 is 0 Å². The zero-order chi connectivity index (χ0) is 13.4. The fourth-order valence-corrected chi connectivity index (χ4v) is 2.76. The molecule has 2 N–H and O–H groups in total. The lowest BCUT2D eigenvalue weighted by Crippen LogP contribution is -2.51.